The Kier molecular flexibility index (Phi) is 4.20. The number of carbonyl (C=O) groups is 1. The summed E-state index contributed by atoms with van der Waals surface area (Å²) in [5, 5.41) is 9.79. The van der Waals surface area contributed by atoms with E-state index < -0.39 is 13.1 Å². The largest absolute Gasteiger partial charge is 0.562 e. The van der Waals surface area contributed by atoms with Gasteiger partial charge in [0.05, 0.1) is 12.7 Å². The van der Waals surface area contributed by atoms with Crippen LogP contribution in [0.3, 0.4) is 0 Å². The Morgan fingerprint density at radius 3 is 2.26 bits per heavy atom. The molecule has 0 bridgehead atoms. The van der Waals surface area contributed by atoms with Crippen LogP contribution >= 0.6 is 0 Å². The highest BCUT2D eigenvalue weighted by Crippen LogP contribution is 2.12. The molecule has 0 aromatic heterocycles. The van der Waals surface area contributed by atoms with Crippen LogP contribution in [-0.2, 0) is 4.65 Å². The van der Waals surface area contributed by atoms with E-state index in [9.17, 15) is 9.82 Å². The fourth-order valence-electron chi connectivity index (χ4n) is 1.58. The molecule has 0 aliphatic carbocycles. The highest BCUT2D eigenvalue weighted by atomic mass is 16.6. The third kappa shape index (κ3) is 3.36. The minimum atomic E-state index is -1.27. The second-order valence-electron chi connectivity index (χ2n) is 3.90. The number of carbonyl (C=O) groups excluding carboxylic acids is 1. The molecule has 2 aromatic rings. The Morgan fingerprint density at radius 2 is 1.68 bits per heavy atom. The van der Waals surface area contributed by atoms with Gasteiger partial charge in [-0.05, 0) is 29.7 Å². The van der Waals surface area contributed by atoms with Crippen molar-refractivity contribution in [2.75, 3.05) is 7.11 Å². The van der Waals surface area contributed by atoms with E-state index in [-0.39, 0.29) is 0 Å². The fraction of sp³-hybridized carbons (Fsp3) is 0.0714. The molecule has 5 heteroatoms. The summed E-state index contributed by atoms with van der Waals surface area (Å²) >= 11 is 0. The predicted molar refractivity (Wildman–Crippen MR) is 72.5 cm³/mol. The zero-order valence-corrected chi connectivity index (χ0v) is 10.4. The molecule has 96 valence electrons. The van der Waals surface area contributed by atoms with Gasteiger partial charge in [-0.3, -0.25) is 0 Å². The van der Waals surface area contributed by atoms with E-state index in [2.05, 4.69) is 0 Å². The van der Waals surface area contributed by atoms with Gasteiger partial charge in [0.1, 0.15) is 5.75 Å². The molecule has 0 amide bonds. The van der Waals surface area contributed by atoms with E-state index >= 15 is 0 Å². The van der Waals surface area contributed by atoms with Gasteiger partial charge in [-0.1, -0.05) is 30.3 Å². The lowest BCUT2D eigenvalue weighted by atomic mass is 9.79. The zero-order valence-electron chi connectivity index (χ0n) is 10.4. The van der Waals surface area contributed by atoms with Gasteiger partial charge in [-0.25, -0.2) is 4.79 Å². The molecule has 0 radical (unpaired) electrons. The van der Waals surface area contributed by atoms with Crippen LogP contribution in [-0.4, -0.2) is 25.2 Å². The number of benzene rings is 2. The van der Waals surface area contributed by atoms with Crippen molar-refractivity contribution in [2.24, 2.45) is 0 Å². The highest BCUT2D eigenvalue weighted by molar-refractivity contribution is 6.61. The molecule has 0 unspecified atom stereocenters. The number of hydrogen-bond acceptors (Lipinski definition) is 4. The average molecular weight is 256 g/mol. The molecular weight excluding hydrogens is 243 g/mol. The maximum Gasteiger partial charge on any atom is 0.562 e. The van der Waals surface area contributed by atoms with Crippen LogP contribution in [0.2, 0.25) is 0 Å². The molecule has 2 rings (SSSR count). The number of rotatable bonds is 4. The molecule has 1 N–H and O–H groups in total. The summed E-state index contributed by atoms with van der Waals surface area (Å²) < 4.78 is 9.97. The van der Waals surface area contributed by atoms with E-state index in [4.69, 9.17) is 9.39 Å². The number of ether oxygens (including phenoxy) is 1. The summed E-state index contributed by atoms with van der Waals surface area (Å²) in [5.41, 5.74) is 0.889. The maximum absolute atomic E-state index is 11.8. The second-order valence-corrected chi connectivity index (χ2v) is 3.90. The zero-order chi connectivity index (χ0) is 13.7. The number of methoxy groups -OCH3 is 1. The Labute approximate surface area is 111 Å². The minimum Gasteiger partial charge on any atom is -0.502 e. The lowest BCUT2D eigenvalue weighted by molar-refractivity contribution is 0.0708. The topological polar surface area (TPSA) is 55.8 Å². The van der Waals surface area contributed by atoms with Gasteiger partial charge in [0.25, 0.3) is 0 Å². The summed E-state index contributed by atoms with van der Waals surface area (Å²) in [7, 11) is 0.280. The summed E-state index contributed by atoms with van der Waals surface area (Å²) in [6.45, 7) is 0. The molecule has 2 aromatic carbocycles. The Hall–Kier alpha value is -2.27. The Balaban J connectivity index is 2.04. The van der Waals surface area contributed by atoms with Crippen molar-refractivity contribution < 1.29 is 19.2 Å². The van der Waals surface area contributed by atoms with Gasteiger partial charge in [-0.15, -0.1) is 0 Å². The van der Waals surface area contributed by atoms with Crippen LogP contribution in [0.4, 0.5) is 0 Å². The van der Waals surface area contributed by atoms with Crippen LogP contribution in [0, 0.1) is 0 Å². The van der Waals surface area contributed by atoms with E-state index in [0.29, 0.717) is 16.8 Å². The van der Waals surface area contributed by atoms with Crippen molar-refractivity contribution in [1.29, 1.82) is 0 Å². The van der Waals surface area contributed by atoms with Crippen LogP contribution < -0.4 is 10.2 Å². The van der Waals surface area contributed by atoms with Gasteiger partial charge in [-0.2, -0.15) is 0 Å². The summed E-state index contributed by atoms with van der Waals surface area (Å²) in [6.07, 6.45) is 0. The normalized spacial score (nSPS) is 9.79. The fourth-order valence-corrected chi connectivity index (χ4v) is 1.58. The average Bonchev–Trinajstić information content (AvgIpc) is 2.48. The first kappa shape index (κ1) is 13.2. The van der Waals surface area contributed by atoms with E-state index in [1.54, 1.807) is 55.6 Å². The molecule has 0 aliphatic heterocycles. The van der Waals surface area contributed by atoms with Crippen molar-refractivity contribution in [3.63, 3.8) is 0 Å². The maximum atomic E-state index is 11.8. The third-order valence-electron chi connectivity index (χ3n) is 2.63. The molecule has 4 nitrogen and oxygen atoms in total. The van der Waals surface area contributed by atoms with Crippen molar-refractivity contribution in [1.82, 2.24) is 0 Å². The van der Waals surface area contributed by atoms with E-state index in [1.165, 1.54) is 0 Å². The predicted octanol–water partition coefficient (Wildman–Crippen LogP) is 1.24. The van der Waals surface area contributed by atoms with Gasteiger partial charge >= 0.3 is 13.1 Å². The van der Waals surface area contributed by atoms with Gasteiger partial charge in [0.2, 0.25) is 0 Å². The molecule has 0 saturated heterocycles. The molecule has 0 spiro atoms. The van der Waals surface area contributed by atoms with Gasteiger partial charge in [0, 0.05) is 0 Å². The summed E-state index contributed by atoms with van der Waals surface area (Å²) in [6, 6.07) is 15.2. The summed E-state index contributed by atoms with van der Waals surface area (Å²) in [4.78, 5) is 11.8. The van der Waals surface area contributed by atoms with E-state index in [0.717, 1.165) is 0 Å². The van der Waals surface area contributed by atoms with Crippen molar-refractivity contribution in [3.05, 3.63) is 60.2 Å². The molecule has 0 saturated carbocycles. The van der Waals surface area contributed by atoms with Gasteiger partial charge < -0.3 is 14.4 Å². The first-order valence-corrected chi connectivity index (χ1v) is 5.79. The smallest absolute Gasteiger partial charge is 0.502 e. The monoisotopic (exact) mass is 256 g/mol. The minimum absolute atomic E-state index is 0.357. The molecule has 0 atom stereocenters. The molecule has 0 fully saturated rings. The van der Waals surface area contributed by atoms with Crippen LogP contribution in [0.25, 0.3) is 0 Å². The SMILES string of the molecule is COc1ccc(C(=O)OB(O)c2ccccc2)cc1. The Bertz CT molecular complexity index is 539. The van der Waals surface area contributed by atoms with Crippen LogP contribution in [0.5, 0.6) is 5.75 Å². The van der Waals surface area contributed by atoms with E-state index in [1.807, 2.05) is 6.07 Å². The van der Waals surface area contributed by atoms with Crippen molar-refractivity contribution in [3.8, 4) is 5.75 Å². The Morgan fingerprint density at radius 1 is 1.05 bits per heavy atom. The molecular formula is C14H13BO4. The summed E-state index contributed by atoms with van der Waals surface area (Å²) in [5.74, 6) is 0.0687. The second kappa shape index (κ2) is 6.06. The highest BCUT2D eigenvalue weighted by Gasteiger charge is 2.22. The van der Waals surface area contributed by atoms with Crippen LogP contribution in [0.15, 0.2) is 54.6 Å². The number of hydrogen-bond donors (Lipinski definition) is 1. The van der Waals surface area contributed by atoms with Crippen molar-refractivity contribution in [2.45, 2.75) is 0 Å². The first-order chi connectivity index (χ1) is 9.20. The van der Waals surface area contributed by atoms with Crippen molar-refractivity contribution >= 4 is 18.6 Å². The van der Waals surface area contributed by atoms with Crippen LogP contribution in [0.1, 0.15) is 10.4 Å². The molecule has 0 heterocycles. The molecule has 19 heavy (non-hydrogen) atoms. The standard InChI is InChI=1S/C14H13BO4/c1-18-13-9-7-11(8-10-13)14(16)19-15(17)12-5-3-2-4-6-12/h2-10,17H,1H3. The van der Waals surface area contributed by atoms with Gasteiger partial charge in [0.15, 0.2) is 0 Å². The third-order valence-corrected chi connectivity index (χ3v) is 2.63. The molecule has 0 aliphatic rings. The first-order valence-electron chi connectivity index (χ1n) is 5.79. The lowest BCUT2D eigenvalue weighted by Crippen LogP contribution is -2.35. The lowest BCUT2D eigenvalue weighted by Gasteiger charge is -2.08. The quantitative estimate of drug-likeness (QED) is 0.836.